The summed E-state index contributed by atoms with van der Waals surface area (Å²) in [5, 5.41) is 3.47. The van der Waals surface area contributed by atoms with Gasteiger partial charge in [-0.15, -0.1) is 0 Å². The number of esters is 1. The molecule has 0 aromatic heterocycles. The van der Waals surface area contributed by atoms with Gasteiger partial charge in [0.25, 0.3) is 0 Å². The Kier molecular flexibility index (Phi) is 7.67. The fraction of sp³-hybridized carbons (Fsp3) is 0.941. The zero-order valence-corrected chi connectivity index (χ0v) is 14.6. The molecule has 1 aliphatic rings. The van der Waals surface area contributed by atoms with Crippen LogP contribution in [0.15, 0.2) is 0 Å². The van der Waals surface area contributed by atoms with Gasteiger partial charge in [-0.1, -0.05) is 13.8 Å². The van der Waals surface area contributed by atoms with E-state index in [0.717, 1.165) is 32.4 Å². The first-order valence-corrected chi connectivity index (χ1v) is 8.57. The van der Waals surface area contributed by atoms with Gasteiger partial charge in [-0.25, -0.2) is 0 Å². The number of methoxy groups -OCH3 is 1. The molecule has 0 radical (unpaired) electrons. The molecule has 1 rings (SSSR count). The fourth-order valence-electron chi connectivity index (χ4n) is 2.88. The molecule has 0 aromatic carbocycles. The summed E-state index contributed by atoms with van der Waals surface area (Å²) in [5.74, 6) is -0.122. The van der Waals surface area contributed by atoms with Crippen molar-refractivity contribution in [1.29, 1.82) is 0 Å². The van der Waals surface area contributed by atoms with E-state index in [9.17, 15) is 4.79 Å². The topological polar surface area (TPSA) is 41.6 Å². The zero-order chi connectivity index (χ0) is 15.9. The van der Waals surface area contributed by atoms with Crippen LogP contribution in [0.4, 0.5) is 0 Å². The molecule has 0 aromatic rings. The van der Waals surface area contributed by atoms with Gasteiger partial charge in [-0.2, -0.15) is 0 Å². The smallest absolute Gasteiger partial charge is 0.325 e. The average Bonchev–Trinajstić information content (AvgIpc) is 3.29. The normalized spacial score (nSPS) is 19.3. The Morgan fingerprint density at radius 3 is 2.52 bits per heavy atom. The molecule has 1 aliphatic carbocycles. The second-order valence-electron chi connectivity index (χ2n) is 6.59. The Balaban J connectivity index is 2.37. The van der Waals surface area contributed by atoms with Crippen LogP contribution in [0.2, 0.25) is 0 Å². The summed E-state index contributed by atoms with van der Waals surface area (Å²) in [6.07, 6.45) is 6.61. The number of carbonyl (C=O) groups is 1. The number of ether oxygens (including phenoxy) is 1. The van der Waals surface area contributed by atoms with Crippen molar-refractivity contribution in [2.45, 2.75) is 83.8 Å². The van der Waals surface area contributed by atoms with Gasteiger partial charge < -0.3 is 9.64 Å². The molecule has 4 nitrogen and oxygen atoms in total. The highest BCUT2D eigenvalue weighted by Gasteiger charge is 2.38. The molecule has 1 saturated carbocycles. The minimum atomic E-state index is -0.511. The van der Waals surface area contributed by atoms with E-state index in [0.29, 0.717) is 12.1 Å². The third kappa shape index (κ3) is 5.95. The second-order valence-corrected chi connectivity index (χ2v) is 6.59. The van der Waals surface area contributed by atoms with E-state index in [2.05, 4.69) is 31.0 Å². The van der Waals surface area contributed by atoms with Crippen molar-refractivity contribution >= 4 is 5.97 Å². The summed E-state index contributed by atoms with van der Waals surface area (Å²) >= 11 is 0. The van der Waals surface area contributed by atoms with E-state index < -0.39 is 5.54 Å². The number of nitrogens with zero attached hydrogens (tertiary/aromatic N) is 1. The van der Waals surface area contributed by atoms with E-state index in [-0.39, 0.29) is 5.97 Å². The zero-order valence-electron chi connectivity index (χ0n) is 14.6. The molecule has 1 fully saturated rings. The van der Waals surface area contributed by atoms with E-state index in [1.165, 1.54) is 26.4 Å². The highest BCUT2D eigenvalue weighted by Crippen LogP contribution is 2.26. The largest absolute Gasteiger partial charge is 0.468 e. The molecule has 0 bridgehead atoms. The number of carbonyl (C=O) groups excluding carboxylic acids is 1. The lowest BCUT2D eigenvalue weighted by Gasteiger charge is -2.30. The van der Waals surface area contributed by atoms with Crippen molar-refractivity contribution in [2.24, 2.45) is 0 Å². The molecule has 0 saturated heterocycles. The van der Waals surface area contributed by atoms with Crippen molar-refractivity contribution < 1.29 is 9.53 Å². The quantitative estimate of drug-likeness (QED) is 0.470. The van der Waals surface area contributed by atoms with Gasteiger partial charge in [0.1, 0.15) is 5.54 Å². The van der Waals surface area contributed by atoms with Gasteiger partial charge in [0.15, 0.2) is 0 Å². The highest BCUT2D eigenvalue weighted by atomic mass is 16.5. The highest BCUT2D eigenvalue weighted by molar-refractivity contribution is 5.80. The minimum Gasteiger partial charge on any atom is -0.468 e. The van der Waals surface area contributed by atoms with E-state index in [1.807, 2.05) is 6.92 Å². The average molecular weight is 298 g/mol. The van der Waals surface area contributed by atoms with Gasteiger partial charge in [0, 0.05) is 12.1 Å². The molecule has 0 aliphatic heterocycles. The Bertz CT molecular complexity index is 318. The summed E-state index contributed by atoms with van der Waals surface area (Å²) in [6.45, 7) is 11.0. The monoisotopic (exact) mass is 298 g/mol. The predicted molar refractivity (Wildman–Crippen MR) is 87.4 cm³/mol. The van der Waals surface area contributed by atoms with Gasteiger partial charge in [0.05, 0.1) is 7.11 Å². The number of rotatable bonds is 11. The van der Waals surface area contributed by atoms with Crippen LogP contribution in [-0.4, -0.2) is 48.7 Å². The maximum Gasteiger partial charge on any atom is 0.325 e. The van der Waals surface area contributed by atoms with Crippen LogP contribution in [0.5, 0.6) is 0 Å². The molecular weight excluding hydrogens is 264 g/mol. The van der Waals surface area contributed by atoms with Gasteiger partial charge in [-0.05, 0) is 65.5 Å². The summed E-state index contributed by atoms with van der Waals surface area (Å²) in [7, 11) is 1.48. The minimum absolute atomic E-state index is 0.122. The standard InChI is InChI=1S/C17H34N2O2/c1-6-14(3)19(7-2)13-9-8-12-17(4,16(20)21-5)18-15-10-11-15/h14-15,18H,6-13H2,1-5H3. The van der Waals surface area contributed by atoms with Gasteiger partial charge in [0.2, 0.25) is 0 Å². The molecule has 4 heteroatoms. The summed E-state index contributed by atoms with van der Waals surface area (Å²) in [6, 6.07) is 1.16. The van der Waals surface area contributed by atoms with Crippen molar-refractivity contribution in [3.8, 4) is 0 Å². The van der Waals surface area contributed by atoms with Crippen LogP contribution in [0.25, 0.3) is 0 Å². The van der Waals surface area contributed by atoms with Crippen LogP contribution in [0.3, 0.4) is 0 Å². The lowest BCUT2D eigenvalue weighted by molar-refractivity contribution is -0.148. The number of unbranched alkanes of at least 4 members (excludes halogenated alkanes) is 1. The van der Waals surface area contributed by atoms with Crippen molar-refractivity contribution in [2.75, 3.05) is 20.2 Å². The lowest BCUT2D eigenvalue weighted by atomic mass is 9.94. The molecule has 2 atom stereocenters. The van der Waals surface area contributed by atoms with E-state index >= 15 is 0 Å². The third-order valence-corrected chi connectivity index (χ3v) is 4.73. The van der Waals surface area contributed by atoms with Crippen molar-refractivity contribution in [3.05, 3.63) is 0 Å². The molecule has 0 heterocycles. The van der Waals surface area contributed by atoms with Crippen molar-refractivity contribution in [3.63, 3.8) is 0 Å². The molecule has 0 amide bonds. The lowest BCUT2D eigenvalue weighted by Crippen LogP contribution is -2.51. The SMILES string of the molecule is CCC(C)N(CC)CCCCC(C)(NC1CC1)C(=O)OC. The first-order valence-electron chi connectivity index (χ1n) is 8.57. The number of hydrogen-bond acceptors (Lipinski definition) is 4. The van der Waals surface area contributed by atoms with Crippen LogP contribution < -0.4 is 5.32 Å². The fourth-order valence-corrected chi connectivity index (χ4v) is 2.88. The Labute approximate surface area is 130 Å². The Hall–Kier alpha value is -0.610. The van der Waals surface area contributed by atoms with Crippen LogP contribution >= 0.6 is 0 Å². The molecule has 124 valence electrons. The first kappa shape index (κ1) is 18.4. The molecule has 2 unspecified atom stereocenters. The van der Waals surface area contributed by atoms with E-state index in [1.54, 1.807) is 0 Å². The van der Waals surface area contributed by atoms with Crippen LogP contribution in [0, 0.1) is 0 Å². The van der Waals surface area contributed by atoms with E-state index in [4.69, 9.17) is 4.74 Å². The second kappa shape index (κ2) is 8.74. The Morgan fingerprint density at radius 2 is 2.05 bits per heavy atom. The molecule has 0 spiro atoms. The van der Waals surface area contributed by atoms with Gasteiger partial charge >= 0.3 is 5.97 Å². The third-order valence-electron chi connectivity index (χ3n) is 4.73. The molecular formula is C17H34N2O2. The number of hydrogen-bond donors (Lipinski definition) is 1. The molecule has 21 heavy (non-hydrogen) atoms. The van der Waals surface area contributed by atoms with Crippen LogP contribution in [-0.2, 0) is 9.53 Å². The van der Waals surface area contributed by atoms with Gasteiger partial charge in [-0.3, -0.25) is 10.1 Å². The number of nitrogens with one attached hydrogen (secondary N) is 1. The van der Waals surface area contributed by atoms with Crippen LogP contribution in [0.1, 0.15) is 66.2 Å². The predicted octanol–water partition coefficient (Wildman–Crippen LogP) is 2.96. The van der Waals surface area contributed by atoms with Crippen molar-refractivity contribution in [1.82, 2.24) is 10.2 Å². The Morgan fingerprint density at radius 1 is 1.38 bits per heavy atom. The molecule has 1 N–H and O–H groups in total. The summed E-state index contributed by atoms with van der Waals surface area (Å²) < 4.78 is 4.99. The maximum absolute atomic E-state index is 12.0. The summed E-state index contributed by atoms with van der Waals surface area (Å²) in [5.41, 5.74) is -0.511. The summed E-state index contributed by atoms with van der Waals surface area (Å²) in [4.78, 5) is 14.6. The maximum atomic E-state index is 12.0. The first-order chi connectivity index (χ1) is 9.96.